The molecule has 1 N–H and O–H groups in total. The lowest BCUT2D eigenvalue weighted by Crippen LogP contribution is -2.50. The molecule has 0 radical (unpaired) electrons. The smallest absolute Gasteiger partial charge is 0.319 e. The van der Waals surface area contributed by atoms with Crippen LogP contribution in [0.5, 0.6) is 0 Å². The molecule has 3 amide bonds. The molecule has 1 aromatic carbocycles. The molecule has 2 aromatic rings. The van der Waals surface area contributed by atoms with E-state index in [2.05, 4.69) is 5.32 Å². The van der Waals surface area contributed by atoms with Crippen LogP contribution >= 0.6 is 0 Å². The first-order chi connectivity index (χ1) is 14.9. The molecule has 4 rings (SSSR count). The number of pyridine rings is 1. The summed E-state index contributed by atoms with van der Waals surface area (Å²) in [6.07, 6.45) is 5.02. The van der Waals surface area contributed by atoms with Gasteiger partial charge in [-0.2, -0.15) is 0 Å². The van der Waals surface area contributed by atoms with Crippen molar-refractivity contribution in [2.24, 2.45) is 0 Å². The highest BCUT2D eigenvalue weighted by molar-refractivity contribution is 5.95. The van der Waals surface area contributed by atoms with E-state index in [4.69, 9.17) is 0 Å². The van der Waals surface area contributed by atoms with Gasteiger partial charge < -0.3 is 15.1 Å². The number of hydrogen-bond donors (Lipinski definition) is 1. The van der Waals surface area contributed by atoms with Gasteiger partial charge in [0.05, 0.1) is 0 Å². The monoisotopic (exact) mass is 426 g/mol. The molecule has 0 saturated carbocycles. The number of urea groups is 1. The van der Waals surface area contributed by atoms with Gasteiger partial charge in [-0.3, -0.25) is 14.2 Å². The van der Waals surface area contributed by atoms with Crippen molar-refractivity contribution in [1.29, 1.82) is 0 Å². The molecule has 0 bridgehead atoms. The average Bonchev–Trinajstić information content (AvgIpc) is 3.30. The number of benzene rings is 1. The number of amides is 3. The number of aryl methyl sites for hydroxylation is 1. The first kappa shape index (κ1) is 21.1. The first-order valence-corrected chi connectivity index (χ1v) is 10.8. The Labute approximate surface area is 180 Å². The van der Waals surface area contributed by atoms with Crippen molar-refractivity contribution in [2.75, 3.05) is 26.2 Å². The van der Waals surface area contributed by atoms with Crippen molar-refractivity contribution in [3.63, 3.8) is 0 Å². The number of carbonyl (C=O) groups excluding carboxylic acids is 2. The fraction of sp³-hybridized carbons (Fsp3) is 0.435. The van der Waals surface area contributed by atoms with E-state index >= 15 is 0 Å². The zero-order valence-electron chi connectivity index (χ0n) is 17.6. The topological polar surface area (TPSA) is 74.6 Å². The Bertz CT molecular complexity index is 1020. The number of piperidine rings is 1. The van der Waals surface area contributed by atoms with Crippen LogP contribution in [-0.4, -0.2) is 58.5 Å². The summed E-state index contributed by atoms with van der Waals surface area (Å²) in [6, 6.07) is 7.26. The number of carbonyl (C=O) groups is 2. The van der Waals surface area contributed by atoms with Crippen molar-refractivity contribution < 1.29 is 14.0 Å². The summed E-state index contributed by atoms with van der Waals surface area (Å²) in [5, 5.41) is 2.97. The predicted octanol–water partition coefficient (Wildman–Crippen LogP) is 2.70. The normalized spacial score (nSPS) is 17.1. The molecule has 8 heteroatoms. The number of rotatable bonds is 3. The van der Waals surface area contributed by atoms with E-state index in [9.17, 15) is 18.8 Å². The van der Waals surface area contributed by atoms with Gasteiger partial charge in [-0.25, -0.2) is 9.18 Å². The van der Waals surface area contributed by atoms with E-state index in [-0.39, 0.29) is 17.6 Å². The molecule has 31 heavy (non-hydrogen) atoms. The van der Waals surface area contributed by atoms with Gasteiger partial charge in [0.2, 0.25) is 0 Å². The number of nitrogens with zero attached hydrogens (tertiary/aromatic N) is 3. The van der Waals surface area contributed by atoms with Crippen molar-refractivity contribution in [3.8, 4) is 5.69 Å². The second kappa shape index (κ2) is 8.91. The second-order valence-electron chi connectivity index (χ2n) is 8.24. The van der Waals surface area contributed by atoms with Crippen LogP contribution in [0.3, 0.4) is 0 Å². The summed E-state index contributed by atoms with van der Waals surface area (Å²) in [4.78, 5) is 42.2. The van der Waals surface area contributed by atoms with E-state index in [1.165, 1.54) is 28.8 Å². The Morgan fingerprint density at radius 1 is 0.968 bits per heavy atom. The van der Waals surface area contributed by atoms with Crippen molar-refractivity contribution in [2.45, 2.75) is 38.6 Å². The zero-order valence-corrected chi connectivity index (χ0v) is 17.6. The van der Waals surface area contributed by atoms with Gasteiger partial charge in [0, 0.05) is 44.1 Å². The highest BCUT2D eigenvalue weighted by Gasteiger charge is 2.29. The minimum absolute atomic E-state index is 0.0856. The molecule has 1 aromatic heterocycles. The number of nitrogens with one attached hydrogen (secondary N) is 1. The lowest BCUT2D eigenvalue weighted by atomic mass is 10.0. The van der Waals surface area contributed by atoms with E-state index in [1.54, 1.807) is 19.2 Å². The number of hydrogen-bond acceptors (Lipinski definition) is 3. The molecule has 0 spiro atoms. The molecule has 0 atom stereocenters. The largest absolute Gasteiger partial charge is 0.349 e. The molecule has 2 aliphatic heterocycles. The Hall–Kier alpha value is -3.16. The Morgan fingerprint density at radius 2 is 1.58 bits per heavy atom. The van der Waals surface area contributed by atoms with E-state index in [1.807, 2.05) is 9.80 Å². The van der Waals surface area contributed by atoms with Crippen LogP contribution in [0.2, 0.25) is 0 Å². The summed E-state index contributed by atoms with van der Waals surface area (Å²) >= 11 is 0. The van der Waals surface area contributed by atoms with Crippen molar-refractivity contribution >= 4 is 11.9 Å². The maximum atomic E-state index is 13.2. The third-order valence-electron chi connectivity index (χ3n) is 6.11. The fourth-order valence-electron chi connectivity index (χ4n) is 4.29. The third-order valence-corrected chi connectivity index (χ3v) is 6.11. The Kier molecular flexibility index (Phi) is 6.06. The number of likely N-dealkylation sites (tertiary alicyclic amines) is 2. The van der Waals surface area contributed by atoms with E-state index < -0.39 is 17.3 Å². The minimum atomic E-state index is -0.439. The molecule has 0 aliphatic carbocycles. The lowest BCUT2D eigenvalue weighted by molar-refractivity contribution is 0.0910. The van der Waals surface area contributed by atoms with Gasteiger partial charge in [-0.15, -0.1) is 0 Å². The number of halogens is 1. The quantitative estimate of drug-likeness (QED) is 0.820. The zero-order chi connectivity index (χ0) is 22.0. The summed E-state index contributed by atoms with van der Waals surface area (Å²) in [7, 11) is 0. The van der Waals surface area contributed by atoms with Gasteiger partial charge >= 0.3 is 6.03 Å². The maximum Gasteiger partial charge on any atom is 0.319 e. The van der Waals surface area contributed by atoms with Crippen LogP contribution in [0, 0.1) is 12.7 Å². The first-order valence-electron chi connectivity index (χ1n) is 10.8. The van der Waals surface area contributed by atoms with Gasteiger partial charge in [0.15, 0.2) is 0 Å². The molecule has 2 aliphatic rings. The summed E-state index contributed by atoms with van der Waals surface area (Å²) < 4.78 is 14.6. The molecule has 2 saturated heterocycles. The van der Waals surface area contributed by atoms with Crippen molar-refractivity contribution in [3.05, 3.63) is 63.8 Å². The average molecular weight is 426 g/mol. The number of aromatic nitrogens is 1. The summed E-state index contributed by atoms with van der Waals surface area (Å²) in [5.41, 5.74) is 0.727. The van der Waals surface area contributed by atoms with Crippen LogP contribution < -0.4 is 10.9 Å². The highest BCUT2D eigenvalue weighted by Crippen LogP contribution is 2.17. The van der Waals surface area contributed by atoms with Gasteiger partial charge in [0.25, 0.3) is 11.5 Å². The molecule has 7 nitrogen and oxygen atoms in total. The molecular weight excluding hydrogens is 399 g/mol. The third kappa shape index (κ3) is 4.47. The van der Waals surface area contributed by atoms with Gasteiger partial charge in [0.1, 0.15) is 11.4 Å². The van der Waals surface area contributed by atoms with E-state index in [0.717, 1.165) is 25.9 Å². The minimum Gasteiger partial charge on any atom is -0.349 e. The van der Waals surface area contributed by atoms with Gasteiger partial charge in [-0.05, 0) is 68.5 Å². The molecule has 2 fully saturated rings. The second-order valence-corrected chi connectivity index (χ2v) is 8.24. The molecule has 3 heterocycles. The lowest BCUT2D eigenvalue weighted by Gasteiger charge is -2.34. The van der Waals surface area contributed by atoms with Crippen LogP contribution in [0.4, 0.5) is 9.18 Å². The highest BCUT2D eigenvalue weighted by atomic mass is 19.1. The van der Waals surface area contributed by atoms with Gasteiger partial charge in [-0.1, -0.05) is 0 Å². The standard InChI is InChI=1S/C23H27FN4O3/c1-16-8-15-28(19-6-4-17(24)5-7-19)22(30)20(16)21(29)25-18-9-13-27(14-10-18)23(31)26-11-2-3-12-26/h4-8,15,18H,2-3,9-14H2,1H3,(H,25,29). The SMILES string of the molecule is Cc1ccn(-c2ccc(F)cc2)c(=O)c1C(=O)NC1CCN(C(=O)N2CCCC2)CC1. The Morgan fingerprint density at radius 3 is 2.23 bits per heavy atom. The maximum absolute atomic E-state index is 13.2. The van der Waals surface area contributed by atoms with Crippen LogP contribution in [0.1, 0.15) is 41.6 Å². The van der Waals surface area contributed by atoms with Crippen molar-refractivity contribution in [1.82, 2.24) is 19.7 Å². The summed E-state index contributed by atoms with van der Waals surface area (Å²) in [5.74, 6) is -0.806. The fourth-order valence-corrected chi connectivity index (χ4v) is 4.29. The van der Waals surface area contributed by atoms with Crippen LogP contribution in [0.15, 0.2) is 41.3 Å². The molecular formula is C23H27FN4O3. The predicted molar refractivity (Wildman–Crippen MR) is 115 cm³/mol. The van der Waals surface area contributed by atoms with Crippen LogP contribution in [-0.2, 0) is 0 Å². The molecule has 0 unspecified atom stereocenters. The van der Waals surface area contributed by atoms with Crippen LogP contribution in [0.25, 0.3) is 5.69 Å². The Balaban J connectivity index is 1.43. The summed E-state index contributed by atoms with van der Waals surface area (Å²) in [6.45, 7) is 4.55. The molecule has 164 valence electrons. The van der Waals surface area contributed by atoms with E-state index in [0.29, 0.717) is 37.2 Å².